The summed E-state index contributed by atoms with van der Waals surface area (Å²) in [7, 11) is 1.71. The van der Waals surface area contributed by atoms with Crippen LogP contribution in [0, 0.1) is 0 Å². The molecule has 0 aromatic rings. The fraction of sp³-hybridized carbons (Fsp3) is 1.00. The van der Waals surface area contributed by atoms with E-state index in [0.29, 0.717) is 6.10 Å². The lowest BCUT2D eigenvalue weighted by molar-refractivity contribution is -0.180. The van der Waals surface area contributed by atoms with Crippen molar-refractivity contribution < 1.29 is 9.47 Å². The fourth-order valence-electron chi connectivity index (χ4n) is 1.34. The van der Waals surface area contributed by atoms with Crippen LogP contribution in [0.25, 0.3) is 0 Å². The van der Waals surface area contributed by atoms with Gasteiger partial charge in [0.2, 0.25) is 0 Å². The molecular weight excluding hydrogens is 176 g/mol. The minimum Gasteiger partial charge on any atom is -0.356 e. The van der Waals surface area contributed by atoms with E-state index in [4.69, 9.17) is 9.47 Å². The predicted octanol–water partition coefficient (Wildman–Crippen LogP) is 3.99. The monoisotopic (exact) mass is 204 g/mol. The fourth-order valence-corrected chi connectivity index (χ4v) is 1.34. The zero-order valence-electron chi connectivity index (χ0n) is 10.8. The lowest BCUT2D eigenvalue weighted by atomic mass is 10.1. The summed E-state index contributed by atoms with van der Waals surface area (Å²) in [6.45, 7) is 10.2. The van der Waals surface area contributed by atoms with Crippen LogP contribution in [0.15, 0.2) is 0 Å². The molecule has 0 spiro atoms. The first-order valence-corrected chi connectivity index (χ1v) is 6.05. The van der Waals surface area contributed by atoms with Crippen LogP contribution in [0.4, 0.5) is 0 Å². The normalized spacial score (nSPS) is 25.3. The summed E-state index contributed by atoms with van der Waals surface area (Å²) >= 11 is 0. The van der Waals surface area contributed by atoms with Gasteiger partial charge in [0.05, 0.1) is 6.10 Å². The molecule has 2 atom stereocenters. The van der Waals surface area contributed by atoms with Gasteiger partial charge < -0.3 is 9.47 Å². The minimum atomic E-state index is 0.0682. The van der Waals surface area contributed by atoms with Crippen molar-refractivity contribution in [2.24, 2.45) is 0 Å². The molecule has 1 fully saturated rings. The molecule has 0 radical (unpaired) electrons. The second kappa shape index (κ2) is 12.9. The third kappa shape index (κ3) is 7.34. The highest BCUT2D eigenvalue weighted by molar-refractivity contribution is 4.63. The Kier molecular flexibility index (Phi) is 15.1. The number of methoxy groups -OCH3 is 1. The van der Waals surface area contributed by atoms with Gasteiger partial charge in [0.1, 0.15) is 0 Å². The number of hydrogen-bond acceptors (Lipinski definition) is 2. The molecule has 0 aromatic heterocycles. The Morgan fingerprint density at radius 3 is 2.14 bits per heavy atom. The average Bonchev–Trinajstić information content (AvgIpc) is 2.34. The molecule has 14 heavy (non-hydrogen) atoms. The SMILES string of the molecule is CC.CC.CCC1CCCC(OC)O1. The summed E-state index contributed by atoms with van der Waals surface area (Å²) in [4.78, 5) is 0. The minimum absolute atomic E-state index is 0.0682. The van der Waals surface area contributed by atoms with Crippen LogP contribution in [0.2, 0.25) is 0 Å². The molecule has 1 saturated heterocycles. The molecule has 1 rings (SSSR count). The second-order valence-electron chi connectivity index (χ2n) is 2.76. The molecule has 0 amide bonds. The van der Waals surface area contributed by atoms with Crippen LogP contribution in [0.3, 0.4) is 0 Å². The van der Waals surface area contributed by atoms with Crippen LogP contribution in [-0.2, 0) is 9.47 Å². The molecule has 0 aromatic carbocycles. The molecule has 2 nitrogen and oxygen atoms in total. The van der Waals surface area contributed by atoms with Gasteiger partial charge in [-0.15, -0.1) is 0 Å². The number of ether oxygens (including phenoxy) is 2. The van der Waals surface area contributed by atoms with E-state index in [9.17, 15) is 0 Å². The third-order valence-corrected chi connectivity index (χ3v) is 2.03. The van der Waals surface area contributed by atoms with Crippen molar-refractivity contribution in [2.75, 3.05) is 7.11 Å². The van der Waals surface area contributed by atoms with Crippen LogP contribution < -0.4 is 0 Å². The van der Waals surface area contributed by atoms with Crippen LogP contribution in [-0.4, -0.2) is 19.5 Å². The maximum Gasteiger partial charge on any atom is 0.157 e. The molecule has 2 heteroatoms. The lowest BCUT2D eigenvalue weighted by Gasteiger charge is -2.27. The van der Waals surface area contributed by atoms with Crippen LogP contribution in [0.5, 0.6) is 0 Å². The van der Waals surface area contributed by atoms with Crippen molar-refractivity contribution in [3.63, 3.8) is 0 Å². The molecule has 0 aliphatic carbocycles. The Bertz CT molecular complexity index is 84.3. The number of hydrogen-bond donors (Lipinski definition) is 0. The van der Waals surface area contributed by atoms with E-state index >= 15 is 0 Å². The van der Waals surface area contributed by atoms with Gasteiger partial charge in [-0.25, -0.2) is 0 Å². The van der Waals surface area contributed by atoms with Crippen molar-refractivity contribution in [3.8, 4) is 0 Å². The van der Waals surface area contributed by atoms with Crippen molar-refractivity contribution >= 4 is 0 Å². The zero-order chi connectivity index (χ0) is 11.4. The van der Waals surface area contributed by atoms with Gasteiger partial charge in [0, 0.05) is 7.11 Å². The van der Waals surface area contributed by atoms with E-state index in [1.165, 1.54) is 12.8 Å². The summed E-state index contributed by atoms with van der Waals surface area (Å²) in [5, 5.41) is 0. The summed E-state index contributed by atoms with van der Waals surface area (Å²) < 4.78 is 10.7. The molecule has 1 heterocycles. The highest BCUT2D eigenvalue weighted by Gasteiger charge is 2.19. The Morgan fingerprint density at radius 1 is 1.14 bits per heavy atom. The van der Waals surface area contributed by atoms with E-state index in [0.717, 1.165) is 12.8 Å². The van der Waals surface area contributed by atoms with Crippen LogP contribution in [0.1, 0.15) is 60.3 Å². The van der Waals surface area contributed by atoms with Gasteiger partial charge in [-0.1, -0.05) is 34.6 Å². The first-order valence-electron chi connectivity index (χ1n) is 6.05. The second-order valence-corrected chi connectivity index (χ2v) is 2.76. The molecule has 2 unspecified atom stereocenters. The van der Waals surface area contributed by atoms with Crippen molar-refractivity contribution in [2.45, 2.75) is 72.7 Å². The third-order valence-electron chi connectivity index (χ3n) is 2.03. The largest absolute Gasteiger partial charge is 0.356 e. The molecular formula is C12H28O2. The standard InChI is InChI=1S/C8H16O2.2C2H6/c1-3-7-5-4-6-8(9-2)10-7;2*1-2/h7-8H,3-6H2,1-2H3;2*1-2H3. The summed E-state index contributed by atoms with van der Waals surface area (Å²) in [6, 6.07) is 0. The molecule has 1 aliphatic heterocycles. The van der Waals surface area contributed by atoms with E-state index < -0.39 is 0 Å². The zero-order valence-corrected chi connectivity index (χ0v) is 10.8. The number of rotatable bonds is 2. The maximum absolute atomic E-state index is 5.56. The van der Waals surface area contributed by atoms with Gasteiger partial charge in [-0.05, 0) is 25.7 Å². The highest BCUT2D eigenvalue weighted by atomic mass is 16.7. The van der Waals surface area contributed by atoms with E-state index in [1.807, 2.05) is 27.7 Å². The van der Waals surface area contributed by atoms with Gasteiger partial charge in [0.15, 0.2) is 6.29 Å². The summed E-state index contributed by atoms with van der Waals surface area (Å²) in [5.74, 6) is 0. The Hall–Kier alpha value is -0.0800. The maximum atomic E-state index is 5.56. The van der Waals surface area contributed by atoms with Crippen molar-refractivity contribution in [1.82, 2.24) is 0 Å². The lowest BCUT2D eigenvalue weighted by Crippen LogP contribution is -2.28. The van der Waals surface area contributed by atoms with Crippen molar-refractivity contribution in [3.05, 3.63) is 0 Å². The van der Waals surface area contributed by atoms with Crippen molar-refractivity contribution in [1.29, 1.82) is 0 Å². The first-order chi connectivity index (χ1) is 6.86. The van der Waals surface area contributed by atoms with Gasteiger partial charge in [0.25, 0.3) is 0 Å². The molecule has 88 valence electrons. The van der Waals surface area contributed by atoms with Gasteiger partial charge >= 0.3 is 0 Å². The average molecular weight is 204 g/mol. The Balaban J connectivity index is 0. The highest BCUT2D eigenvalue weighted by Crippen LogP contribution is 2.20. The molecule has 1 aliphatic rings. The Morgan fingerprint density at radius 2 is 1.71 bits per heavy atom. The first kappa shape index (κ1) is 16.4. The quantitative estimate of drug-likeness (QED) is 0.677. The van der Waals surface area contributed by atoms with E-state index in [-0.39, 0.29) is 6.29 Å². The topological polar surface area (TPSA) is 18.5 Å². The molecule has 0 N–H and O–H groups in total. The Labute approximate surface area is 90.0 Å². The molecule has 0 saturated carbocycles. The van der Waals surface area contributed by atoms with E-state index in [1.54, 1.807) is 7.11 Å². The van der Waals surface area contributed by atoms with E-state index in [2.05, 4.69) is 6.92 Å². The predicted molar refractivity (Wildman–Crippen MR) is 62.5 cm³/mol. The van der Waals surface area contributed by atoms with Gasteiger partial charge in [-0.3, -0.25) is 0 Å². The van der Waals surface area contributed by atoms with Crippen LogP contribution >= 0.6 is 0 Å². The smallest absolute Gasteiger partial charge is 0.157 e. The van der Waals surface area contributed by atoms with Gasteiger partial charge in [-0.2, -0.15) is 0 Å². The summed E-state index contributed by atoms with van der Waals surface area (Å²) in [5.41, 5.74) is 0. The summed E-state index contributed by atoms with van der Waals surface area (Å²) in [6.07, 6.45) is 5.14. The molecule has 0 bridgehead atoms.